The number of primary amides is 1. The summed E-state index contributed by atoms with van der Waals surface area (Å²) < 4.78 is 47.4. The minimum atomic E-state index is -4.28. The average Bonchev–Trinajstić information content (AvgIpc) is 3.35. The number of nitrogens with zero attached hydrogens (tertiary/aromatic N) is 1. The van der Waals surface area contributed by atoms with Crippen molar-refractivity contribution in [2.45, 2.75) is 50.5 Å². The van der Waals surface area contributed by atoms with Crippen LogP contribution in [0.1, 0.15) is 71.7 Å². The lowest BCUT2D eigenvalue weighted by molar-refractivity contribution is 0.0691. The highest BCUT2D eigenvalue weighted by molar-refractivity contribution is 7.92. The number of hydrogen-bond acceptors (Lipinski definition) is 7. The number of halogens is 1. The smallest absolute Gasteiger partial charge is 0.338 e. The number of carboxylic acid groups (broad SMARTS) is 1. The lowest BCUT2D eigenvalue weighted by atomic mass is 9.70. The molecule has 0 atom stereocenters. The maximum absolute atomic E-state index is 14.2. The quantitative estimate of drug-likeness (QED) is 0.340. The number of anilines is 1. The molecule has 1 amide bonds. The Morgan fingerprint density at radius 2 is 1.87 bits per heavy atom. The van der Waals surface area contributed by atoms with Crippen molar-refractivity contribution in [1.29, 1.82) is 0 Å². The molecule has 0 bridgehead atoms. The Bertz CT molecular complexity index is 1510. The summed E-state index contributed by atoms with van der Waals surface area (Å²) >= 11 is 1.06. The molecule has 0 radical (unpaired) electrons. The van der Waals surface area contributed by atoms with E-state index in [0.29, 0.717) is 16.1 Å². The molecule has 9 nitrogen and oxygen atoms in total. The highest BCUT2D eigenvalue weighted by Gasteiger charge is 2.30. The minimum absolute atomic E-state index is 0.171. The lowest BCUT2D eigenvalue weighted by Gasteiger charge is -2.35. The molecule has 2 aromatic carbocycles. The molecule has 0 spiro atoms. The summed E-state index contributed by atoms with van der Waals surface area (Å²) in [5, 5.41) is 10.4. The number of rotatable bonds is 8. The van der Waals surface area contributed by atoms with Gasteiger partial charge in [0, 0.05) is 22.6 Å². The van der Waals surface area contributed by atoms with Gasteiger partial charge in [-0.2, -0.15) is 8.42 Å². The highest BCUT2D eigenvalue weighted by Crippen LogP contribution is 2.44. The van der Waals surface area contributed by atoms with E-state index in [-0.39, 0.29) is 27.8 Å². The Morgan fingerprint density at radius 3 is 2.47 bits per heavy atom. The van der Waals surface area contributed by atoms with Crippen LogP contribution in [0.3, 0.4) is 0 Å². The van der Waals surface area contributed by atoms with Crippen LogP contribution < -0.4 is 15.2 Å². The predicted octanol–water partition coefficient (Wildman–Crippen LogP) is 5.24. The first-order chi connectivity index (χ1) is 17.8. The number of carboxylic acids is 1. The topological polar surface area (TPSA) is 149 Å². The van der Waals surface area contributed by atoms with Gasteiger partial charge in [0.05, 0.1) is 18.4 Å². The van der Waals surface area contributed by atoms with Gasteiger partial charge in [-0.05, 0) is 54.7 Å². The van der Waals surface area contributed by atoms with Crippen LogP contribution in [0.5, 0.6) is 5.75 Å². The number of aromatic nitrogens is 1. The normalized spacial score (nSPS) is 15.7. The molecule has 1 heterocycles. The zero-order valence-electron chi connectivity index (χ0n) is 21.1. The predicted molar refractivity (Wildman–Crippen MR) is 142 cm³/mol. The van der Waals surface area contributed by atoms with E-state index in [1.54, 1.807) is 12.1 Å². The van der Waals surface area contributed by atoms with Gasteiger partial charge in [0.15, 0.2) is 5.03 Å². The molecule has 4 rings (SSSR count). The summed E-state index contributed by atoms with van der Waals surface area (Å²) in [6, 6.07) is 6.93. The van der Waals surface area contributed by atoms with E-state index in [1.807, 2.05) is 6.07 Å². The Labute approximate surface area is 223 Å². The second-order valence-corrected chi connectivity index (χ2v) is 12.5. The molecular weight excluding hydrogens is 533 g/mol. The van der Waals surface area contributed by atoms with Gasteiger partial charge in [0.1, 0.15) is 16.6 Å². The Kier molecular flexibility index (Phi) is 7.48. The zero-order valence-corrected chi connectivity index (χ0v) is 22.7. The number of nitrogens with one attached hydrogen (secondary N) is 1. The third-order valence-electron chi connectivity index (χ3n) is 6.87. The average molecular weight is 562 g/mol. The standard InChI is InChI=1S/C26H28FN3O6S2/c1-26(2)8-6-14(7-9-26)16-5-4-15(10-17(16)23(28)31)24-29-22(13-37-24)38(34,35)30-20-12-19(27)18(25(32)33)11-21(20)36-3/h4-5,10-14,30H,6-9H2,1-3H3,(H2,28,31)(H,32,33). The van der Waals surface area contributed by atoms with Gasteiger partial charge in [-0.3, -0.25) is 9.52 Å². The Balaban J connectivity index is 1.62. The summed E-state index contributed by atoms with van der Waals surface area (Å²) in [6.07, 6.45) is 4.00. The first-order valence-electron chi connectivity index (χ1n) is 11.8. The fourth-order valence-corrected chi connectivity index (χ4v) is 6.80. The maximum atomic E-state index is 14.2. The van der Waals surface area contributed by atoms with Crippen LogP contribution in [0.15, 0.2) is 40.7 Å². The van der Waals surface area contributed by atoms with Gasteiger partial charge in [-0.25, -0.2) is 14.2 Å². The molecule has 38 heavy (non-hydrogen) atoms. The number of sulfonamides is 1. The van der Waals surface area contributed by atoms with Crippen LogP contribution >= 0.6 is 11.3 Å². The van der Waals surface area contributed by atoms with Crippen molar-refractivity contribution in [1.82, 2.24) is 4.98 Å². The first kappa shape index (κ1) is 27.5. The van der Waals surface area contributed by atoms with Crippen molar-refractivity contribution in [3.8, 4) is 16.3 Å². The van der Waals surface area contributed by atoms with Crippen LogP contribution in [-0.4, -0.2) is 37.5 Å². The molecule has 12 heteroatoms. The van der Waals surface area contributed by atoms with Crippen molar-refractivity contribution in [2.24, 2.45) is 11.1 Å². The Morgan fingerprint density at radius 1 is 1.18 bits per heavy atom. The van der Waals surface area contributed by atoms with E-state index < -0.39 is 33.3 Å². The van der Waals surface area contributed by atoms with Crippen molar-refractivity contribution in [3.63, 3.8) is 0 Å². The van der Waals surface area contributed by atoms with E-state index in [2.05, 4.69) is 23.6 Å². The zero-order chi connectivity index (χ0) is 27.8. The SMILES string of the molecule is COc1cc(C(=O)O)c(F)cc1NS(=O)(=O)c1csc(-c2ccc(C3CCC(C)(C)CC3)c(C(N)=O)c2)n1. The summed E-state index contributed by atoms with van der Waals surface area (Å²) in [7, 11) is -3.08. The van der Waals surface area contributed by atoms with Crippen LogP contribution in [0.2, 0.25) is 0 Å². The number of thiazole rings is 1. The molecule has 1 aromatic heterocycles. The molecule has 3 aromatic rings. The van der Waals surface area contributed by atoms with Gasteiger partial charge in [0.2, 0.25) is 5.91 Å². The van der Waals surface area contributed by atoms with Crippen LogP contribution in [0, 0.1) is 11.2 Å². The van der Waals surface area contributed by atoms with Crippen molar-refractivity contribution >= 4 is 38.9 Å². The number of carbonyl (C=O) groups excluding carboxylic acids is 1. The second kappa shape index (κ2) is 10.3. The van der Waals surface area contributed by atoms with E-state index in [4.69, 9.17) is 15.6 Å². The molecule has 0 unspecified atom stereocenters. The number of aromatic carboxylic acids is 1. The summed E-state index contributed by atoms with van der Waals surface area (Å²) in [5.74, 6) is -3.16. The van der Waals surface area contributed by atoms with E-state index in [9.17, 15) is 22.4 Å². The van der Waals surface area contributed by atoms with Crippen LogP contribution in [-0.2, 0) is 10.0 Å². The minimum Gasteiger partial charge on any atom is -0.495 e. The third-order valence-corrected chi connectivity index (χ3v) is 9.16. The van der Waals surface area contributed by atoms with Gasteiger partial charge >= 0.3 is 5.97 Å². The second-order valence-electron chi connectivity index (χ2n) is 10.0. The molecule has 202 valence electrons. The summed E-state index contributed by atoms with van der Waals surface area (Å²) in [4.78, 5) is 27.7. The monoisotopic (exact) mass is 561 g/mol. The maximum Gasteiger partial charge on any atom is 0.338 e. The first-order valence-corrected chi connectivity index (χ1v) is 14.2. The lowest BCUT2D eigenvalue weighted by Crippen LogP contribution is -2.22. The fourth-order valence-electron chi connectivity index (χ4n) is 4.65. The van der Waals surface area contributed by atoms with Crippen molar-refractivity contribution in [2.75, 3.05) is 11.8 Å². The molecule has 1 fully saturated rings. The molecule has 0 aliphatic heterocycles. The van der Waals surface area contributed by atoms with Gasteiger partial charge in [0.25, 0.3) is 10.0 Å². The van der Waals surface area contributed by atoms with Crippen LogP contribution in [0.4, 0.5) is 10.1 Å². The van der Waals surface area contributed by atoms with Crippen molar-refractivity contribution < 1.29 is 32.2 Å². The molecule has 1 aliphatic rings. The number of benzene rings is 2. The highest BCUT2D eigenvalue weighted by atomic mass is 32.2. The van der Waals surface area contributed by atoms with Gasteiger partial charge < -0.3 is 15.6 Å². The number of carbonyl (C=O) groups is 2. The summed E-state index contributed by atoms with van der Waals surface area (Å²) in [5.41, 5.74) is 6.87. The number of methoxy groups -OCH3 is 1. The Hall–Kier alpha value is -3.51. The molecular formula is C26H28FN3O6S2. The summed E-state index contributed by atoms with van der Waals surface area (Å²) in [6.45, 7) is 4.48. The van der Waals surface area contributed by atoms with E-state index in [1.165, 1.54) is 12.5 Å². The third kappa shape index (κ3) is 5.65. The van der Waals surface area contributed by atoms with Gasteiger partial charge in [-0.15, -0.1) is 11.3 Å². The molecule has 1 aliphatic carbocycles. The van der Waals surface area contributed by atoms with Crippen LogP contribution in [0.25, 0.3) is 10.6 Å². The van der Waals surface area contributed by atoms with E-state index >= 15 is 0 Å². The molecule has 4 N–H and O–H groups in total. The number of amides is 1. The number of hydrogen-bond donors (Lipinski definition) is 3. The number of nitrogens with two attached hydrogens (primary N) is 1. The largest absolute Gasteiger partial charge is 0.495 e. The fraction of sp³-hybridized carbons (Fsp3) is 0.346. The van der Waals surface area contributed by atoms with Crippen molar-refractivity contribution in [3.05, 3.63) is 58.2 Å². The number of ether oxygens (including phenoxy) is 1. The van der Waals surface area contributed by atoms with E-state index in [0.717, 1.165) is 54.7 Å². The van der Waals surface area contributed by atoms with Gasteiger partial charge in [-0.1, -0.05) is 26.0 Å². The molecule has 0 saturated heterocycles. The molecule has 1 saturated carbocycles.